The molecule has 19 heavy (non-hydrogen) atoms. The standard InChI is InChI=1S/C15H17N3O/c1-10(2)12-7-4-6-11(3)14(12)17-15(19)13-8-5-9-16-18-13/h4-10H,1-3H3,(H,17,19). The number of para-hydroxylation sites is 1. The number of aromatic nitrogens is 2. The number of rotatable bonds is 3. The lowest BCUT2D eigenvalue weighted by Crippen LogP contribution is -2.16. The predicted octanol–water partition coefficient (Wildman–Crippen LogP) is 3.16. The second-order valence-electron chi connectivity index (χ2n) is 4.76. The monoisotopic (exact) mass is 255 g/mol. The van der Waals surface area contributed by atoms with Crippen LogP contribution in [0.3, 0.4) is 0 Å². The number of nitrogens with one attached hydrogen (secondary N) is 1. The van der Waals surface area contributed by atoms with Gasteiger partial charge in [0.2, 0.25) is 0 Å². The third-order valence-corrected chi connectivity index (χ3v) is 2.97. The van der Waals surface area contributed by atoms with Crippen LogP contribution in [0.4, 0.5) is 5.69 Å². The quantitative estimate of drug-likeness (QED) is 0.916. The maximum Gasteiger partial charge on any atom is 0.276 e. The summed E-state index contributed by atoms with van der Waals surface area (Å²) in [5.41, 5.74) is 3.36. The van der Waals surface area contributed by atoms with Crippen LogP contribution in [0, 0.1) is 6.92 Å². The van der Waals surface area contributed by atoms with E-state index in [-0.39, 0.29) is 5.91 Å². The van der Waals surface area contributed by atoms with Crippen molar-refractivity contribution in [1.29, 1.82) is 0 Å². The van der Waals surface area contributed by atoms with Crippen molar-refractivity contribution < 1.29 is 4.79 Å². The lowest BCUT2D eigenvalue weighted by Gasteiger charge is -2.16. The molecule has 98 valence electrons. The summed E-state index contributed by atoms with van der Waals surface area (Å²) in [6, 6.07) is 9.36. The van der Waals surface area contributed by atoms with Gasteiger partial charge >= 0.3 is 0 Å². The fourth-order valence-electron chi connectivity index (χ4n) is 1.94. The molecule has 1 N–H and O–H groups in total. The van der Waals surface area contributed by atoms with Crippen molar-refractivity contribution in [3.8, 4) is 0 Å². The number of carbonyl (C=O) groups excluding carboxylic acids is 1. The van der Waals surface area contributed by atoms with Crippen molar-refractivity contribution in [3.63, 3.8) is 0 Å². The number of benzene rings is 1. The van der Waals surface area contributed by atoms with E-state index in [2.05, 4.69) is 29.4 Å². The molecule has 0 aliphatic heterocycles. The Bertz CT molecular complexity index is 579. The molecular formula is C15H17N3O. The molecule has 1 aromatic heterocycles. The summed E-state index contributed by atoms with van der Waals surface area (Å²) in [4.78, 5) is 12.1. The van der Waals surface area contributed by atoms with E-state index in [4.69, 9.17) is 0 Å². The molecule has 0 bridgehead atoms. The largest absolute Gasteiger partial charge is 0.320 e. The molecule has 1 amide bonds. The zero-order valence-corrected chi connectivity index (χ0v) is 11.3. The summed E-state index contributed by atoms with van der Waals surface area (Å²) in [7, 11) is 0. The van der Waals surface area contributed by atoms with Crippen LogP contribution in [0.15, 0.2) is 36.5 Å². The number of hydrogen-bond donors (Lipinski definition) is 1. The smallest absolute Gasteiger partial charge is 0.276 e. The first-order valence-corrected chi connectivity index (χ1v) is 6.28. The van der Waals surface area contributed by atoms with E-state index in [1.54, 1.807) is 18.3 Å². The highest BCUT2D eigenvalue weighted by atomic mass is 16.1. The summed E-state index contributed by atoms with van der Waals surface area (Å²) in [6.45, 7) is 6.19. The summed E-state index contributed by atoms with van der Waals surface area (Å²) in [6.07, 6.45) is 1.55. The second kappa shape index (κ2) is 5.61. The summed E-state index contributed by atoms with van der Waals surface area (Å²) < 4.78 is 0. The van der Waals surface area contributed by atoms with Gasteiger partial charge in [0.1, 0.15) is 0 Å². The normalized spacial score (nSPS) is 10.5. The van der Waals surface area contributed by atoms with Crippen LogP contribution in [0.2, 0.25) is 0 Å². The number of anilines is 1. The molecule has 4 nitrogen and oxygen atoms in total. The van der Waals surface area contributed by atoms with Crippen molar-refractivity contribution in [2.45, 2.75) is 26.7 Å². The first-order valence-electron chi connectivity index (χ1n) is 6.28. The van der Waals surface area contributed by atoms with Crippen molar-refractivity contribution in [1.82, 2.24) is 10.2 Å². The number of aryl methyl sites for hydroxylation is 1. The average Bonchev–Trinajstić information content (AvgIpc) is 2.41. The maximum atomic E-state index is 12.1. The maximum absolute atomic E-state index is 12.1. The van der Waals surface area contributed by atoms with Gasteiger partial charge in [-0.15, -0.1) is 5.10 Å². The minimum absolute atomic E-state index is 0.232. The topological polar surface area (TPSA) is 54.9 Å². The minimum atomic E-state index is -0.232. The summed E-state index contributed by atoms with van der Waals surface area (Å²) >= 11 is 0. The molecule has 0 aliphatic rings. The molecule has 0 spiro atoms. The van der Waals surface area contributed by atoms with Gasteiger partial charge in [-0.2, -0.15) is 5.10 Å². The first-order chi connectivity index (χ1) is 9.09. The third-order valence-electron chi connectivity index (χ3n) is 2.97. The van der Waals surface area contributed by atoms with Crippen molar-refractivity contribution in [2.75, 3.05) is 5.32 Å². The van der Waals surface area contributed by atoms with Crippen LogP contribution in [0.1, 0.15) is 41.4 Å². The van der Waals surface area contributed by atoms with Gasteiger partial charge in [0.25, 0.3) is 5.91 Å². The molecule has 0 saturated heterocycles. The molecule has 0 saturated carbocycles. The van der Waals surface area contributed by atoms with Gasteiger partial charge in [-0.3, -0.25) is 4.79 Å². The zero-order chi connectivity index (χ0) is 13.8. The SMILES string of the molecule is Cc1cccc(C(C)C)c1NC(=O)c1cccnn1. The number of carbonyl (C=O) groups is 1. The Labute approximate surface area is 112 Å². The second-order valence-corrected chi connectivity index (χ2v) is 4.76. The van der Waals surface area contributed by atoms with Crippen LogP contribution in [-0.4, -0.2) is 16.1 Å². The molecule has 0 radical (unpaired) electrons. The molecule has 0 fully saturated rings. The Kier molecular flexibility index (Phi) is 3.90. The van der Waals surface area contributed by atoms with E-state index in [0.29, 0.717) is 11.6 Å². The van der Waals surface area contributed by atoms with Crippen LogP contribution in [-0.2, 0) is 0 Å². The van der Waals surface area contributed by atoms with E-state index < -0.39 is 0 Å². The van der Waals surface area contributed by atoms with E-state index >= 15 is 0 Å². The van der Waals surface area contributed by atoms with Gasteiger partial charge in [0.05, 0.1) is 0 Å². The fourth-order valence-corrected chi connectivity index (χ4v) is 1.94. The molecule has 0 atom stereocenters. The van der Waals surface area contributed by atoms with E-state index in [1.165, 1.54) is 0 Å². The van der Waals surface area contributed by atoms with E-state index in [0.717, 1.165) is 16.8 Å². The Morgan fingerprint density at radius 1 is 1.21 bits per heavy atom. The number of hydrogen-bond acceptors (Lipinski definition) is 3. The molecule has 2 aromatic rings. The Morgan fingerprint density at radius 3 is 2.63 bits per heavy atom. The highest BCUT2D eigenvalue weighted by Crippen LogP contribution is 2.27. The van der Waals surface area contributed by atoms with Gasteiger partial charge in [0, 0.05) is 11.9 Å². The zero-order valence-electron chi connectivity index (χ0n) is 11.3. The van der Waals surface area contributed by atoms with Gasteiger partial charge in [-0.1, -0.05) is 32.0 Å². The first kappa shape index (κ1) is 13.2. The van der Waals surface area contributed by atoms with Crippen LogP contribution in [0.25, 0.3) is 0 Å². The fraction of sp³-hybridized carbons (Fsp3) is 0.267. The molecule has 0 unspecified atom stereocenters. The van der Waals surface area contributed by atoms with Gasteiger partial charge in [-0.05, 0) is 36.1 Å². The Hall–Kier alpha value is -2.23. The lowest BCUT2D eigenvalue weighted by atomic mass is 9.98. The van der Waals surface area contributed by atoms with E-state index in [1.807, 2.05) is 25.1 Å². The lowest BCUT2D eigenvalue weighted by molar-refractivity contribution is 0.102. The number of amides is 1. The Balaban J connectivity index is 2.31. The van der Waals surface area contributed by atoms with Crippen molar-refractivity contribution in [3.05, 3.63) is 53.3 Å². The third kappa shape index (κ3) is 2.96. The Morgan fingerprint density at radius 2 is 2.00 bits per heavy atom. The van der Waals surface area contributed by atoms with Gasteiger partial charge in [0.15, 0.2) is 5.69 Å². The average molecular weight is 255 g/mol. The van der Waals surface area contributed by atoms with E-state index in [9.17, 15) is 4.79 Å². The predicted molar refractivity (Wildman–Crippen MR) is 75.3 cm³/mol. The van der Waals surface area contributed by atoms with Crippen LogP contribution < -0.4 is 5.32 Å². The molecule has 4 heteroatoms. The molecule has 0 aliphatic carbocycles. The van der Waals surface area contributed by atoms with Crippen molar-refractivity contribution in [2.24, 2.45) is 0 Å². The van der Waals surface area contributed by atoms with Gasteiger partial charge < -0.3 is 5.32 Å². The van der Waals surface area contributed by atoms with Crippen LogP contribution >= 0.6 is 0 Å². The summed E-state index contributed by atoms with van der Waals surface area (Å²) in [5.74, 6) is 0.112. The summed E-state index contributed by atoms with van der Waals surface area (Å²) in [5, 5.41) is 10.5. The highest BCUT2D eigenvalue weighted by molar-refractivity contribution is 6.03. The molecule has 1 aromatic carbocycles. The van der Waals surface area contributed by atoms with Gasteiger partial charge in [-0.25, -0.2) is 0 Å². The molecule has 1 heterocycles. The molecule has 2 rings (SSSR count). The van der Waals surface area contributed by atoms with Crippen molar-refractivity contribution >= 4 is 11.6 Å². The minimum Gasteiger partial charge on any atom is -0.320 e. The number of nitrogens with zero attached hydrogens (tertiary/aromatic N) is 2. The molecular weight excluding hydrogens is 238 g/mol. The highest BCUT2D eigenvalue weighted by Gasteiger charge is 2.13. The van der Waals surface area contributed by atoms with Crippen LogP contribution in [0.5, 0.6) is 0 Å².